The number of amides is 7. The van der Waals surface area contributed by atoms with Crippen LogP contribution in [-0.2, 0) is 46.4 Å². The molecule has 5 heterocycles. The average Bonchev–Trinajstić information content (AvgIpc) is 3.77. The molecule has 0 bridgehead atoms. The summed E-state index contributed by atoms with van der Waals surface area (Å²) in [5, 5.41) is 23.8. The van der Waals surface area contributed by atoms with Crippen molar-refractivity contribution in [3.05, 3.63) is 96.6 Å². The van der Waals surface area contributed by atoms with Gasteiger partial charge < -0.3 is 42.3 Å². The van der Waals surface area contributed by atoms with Gasteiger partial charge in [-0.15, -0.1) is 0 Å². The Hall–Kier alpha value is -7.15. The summed E-state index contributed by atoms with van der Waals surface area (Å²) in [5.74, 6) is -5.34. The maximum Gasteiger partial charge on any atom is 0.248 e. The number of hydrogen-bond donors (Lipinski definition) is 7. The van der Waals surface area contributed by atoms with Gasteiger partial charge in [-0.2, -0.15) is 0 Å². The molecular formula is C45H55N11O8. The number of nitrogens with two attached hydrogens (primary N) is 1. The van der Waals surface area contributed by atoms with Crippen LogP contribution in [0.4, 0.5) is 0 Å². The summed E-state index contributed by atoms with van der Waals surface area (Å²) in [6.45, 7) is 7.48. The van der Waals surface area contributed by atoms with E-state index in [1.165, 1.54) is 25.7 Å². The van der Waals surface area contributed by atoms with E-state index < -0.39 is 89.6 Å². The van der Waals surface area contributed by atoms with Crippen molar-refractivity contribution in [2.75, 3.05) is 6.54 Å². The second kappa shape index (κ2) is 22.3. The molecule has 1 saturated heterocycles. The van der Waals surface area contributed by atoms with Crippen LogP contribution in [0, 0.1) is 5.92 Å². The number of nitrogens with one attached hydrogen (secondary N) is 5. The van der Waals surface area contributed by atoms with Crippen molar-refractivity contribution in [3.63, 3.8) is 0 Å². The summed E-state index contributed by atoms with van der Waals surface area (Å²) < 4.78 is 0. The van der Waals surface area contributed by atoms with Crippen molar-refractivity contribution < 1.29 is 38.7 Å². The van der Waals surface area contributed by atoms with Gasteiger partial charge in [-0.1, -0.05) is 38.1 Å². The molecule has 338 valence electrons. The standard InChI is InChI=1S/C45H55N11O8/c1-25(2)38(44(63)53-35(40(46)59)23-29-13-10-17-33(51-29)31-15-6-8-20-47-31)54-41(60)26(3)49-43(62)37-19-12-22-56(37)45(64)39(27(4)57)55-42(61)36(50-28(5)58)24-30-14-11-18-34(52-30)32-16-7-9-21-48-32/h6-11,13-18,20-21,25-27,35-39,57H,12,19,22-24H2,1-5H3,(H2,46,59)(H,49,62)(H,50,58)(H,53,63)(H,54,60)(H,55,61)/t26-,27-,35+,36+,37+,38+,39+/m1/s1. The number of primary amides is 1. The molecule has 7 atom stereocenters. The zero-order valence-corrected chi connectivity index (χ0v) is 36.4. The van der Waals surface area contributed by atoms with Gasteiger partial charge >= 0.3 is 0 Å². The molecule has 0 aliphatic carbocycles. The lowest BCUT2D eigenvalue weighted by atomic mass is 10.0. The molecule has 1 fully saturated rings. The van der Waals surface area contributed by atoms with E-state index in [0.29, 0.717) is 40.6 Å². The molecule has 1 aliphatic heterocycles. The van der Waals surface area contributed by atoms with Crippen LogP contribution in [0.15, 0.2) is 85.2 Å². The van der Waals surface area contributed by atoms with Crippen molar-refractivity contribution in [2.45, 2.75) is 103 Å². The monoisotopic (exact) mass is 877 g/mol. The molecule has 0 aromatic carbocycles. The van der Waals surface area contributed by atoms with Crippen LogP contribution in [0.2, 0.25) is 0 Å². The van der Waals surface area contributed by atoms with Crippen LogP contribution in [0.3, 0.4) is 0 Å². The Bertz CT molecular complexity index is 2300. The Kier molecular flexibility index (Phi) is 16.7. The van der Waals surface area contributed by atoms with Gasteiger partial charge in [0.2, 0.25) is 41.4 Å². The highest BCUT2D eigenvalue weighted by Crippen LogP contribution is 2.21. The first-order chi connectivity index (χ1) is 30.5. The summed E-state index contributed by atoms with van der Waals surface area (Å²) in [4.78, 5) is 112. The topological polar surface area (TPSA) is 281 Å². The summed E-state index contributed by atoms with van der Waals surface area (Å²) >= 11 is 0. The van der Waals surface area contributed by atoms with Crippen LogP contribution in [0.5, 0.6) is 0 Å². The third-order valence-corrected chi connectivity index (χ3v) is 10.5. The predicted molar refractivity (Wildman–Crippen MR) is 234 cm³/mol. The number of likely N-dealkylation sites (tertiary alicyclic amines) is 1. The highest BCUT2D eigenvalue weighted by atomic mass is 16.3. The molecule has 4 aromatic heterocycles. The second-order valence-corrected chi connectivity index (χ2v) is 16.0. The Labute approximate surface area is 370 Å². The molecule has 64 heavy (non-hydrogen) atoms. The molecule has 19 nitrogen and oxygen atoms in total. The lowest BCUT2D eigenvalue weighted by molar-refractivity contribution is -0.144. The third-order valence-electron chi connectivity index (χ3n) is 10.5. The molecule has 0 unspecified atom stereocenters. The molecule has 0 saturated carbocycles. The lowest BCUT2D eigenvalue weighted by Crippen LogP contribution is -2.61. The molecule has 8 N–H and O–H groups in total. The molecule has 19 heteroatoms. The van der Waals surface area contributed by atoms with Crippen LogP contribution in [0.1, 0.15) is 58.8 Å². The van der Waals surface area contributed by atoms with Crippen molar-refractivity contribution in [3.8, 4) is 22.8 Å². The predicted octanol–water partition coefficient (Wildman–Crippen LogP) is 0.363. The minimum Gasteiger partial charge on any atom is -0.391 e. The van der Waals surface area contributed by atoms with Crippen molar-refractivity contribution in [2.24, 2.45) is 11.7 Å². The Morgan fingerprint density at radius 3 is 1.72 bits per heavy atom. The zero-order chi connectivity index (χ0) is 46.5. The van der Waals surface area contributed by atoms with Gasteiger partial charge in [-0.3, -0.25) is 53.5 Å². The quantitative estimate of drug-likeness (QED) is 0.0673. The summed E-state index contributed by atoms with van der Waals surface area (Å²) in [6.07, 6.45) is 2.41. The number of aliphatic hydroxyl groups is 1. The first kappa shape index (κ1) is 47.9. The van der Waals surface area contributed by atoms with E-state index in [9.17, 15) is 38.7 Å². The van der Waals surface area contributed by atoms with Crippen LogP contribution >= 0.6 is 0 Å². The number of rotatable bonds is 19. The number of aromatic nitrogens is 4. The first-order valence-electron chi connectivity index (χ1n) is 21.0. The molecule has 0 radical (unpaired) electrons. The van der Waals surface area contributed by atoms with Crippen LogP contribution in [-0.4, -0.2) is 120 Å². The van der Waals surface area contributed by atoms with E-state index in [0.717, 1.165) is 0 Å². The summed E-state index contributed by atoms with van der Waals surface area (Å²) in [5.41, 5.74) is 8.96. The van der Waals surface area contributed by atoms with E-state index in [4.69, 9.17) is 5.73 Å². The number of carbonyl (C=O) groups is 7. The van der Waals surface area contributed by atoms with E-state index in [1.54, 1.807) is 86.9 Å². The van der Waals surface area contributed by atoms with E-state index in [-0.39, 0.29) is 25.8 Å². The molecule has 0 spiro atoms. The molecule has 4 aromatic rings. The lowest BCUT2D eigenvalue weighted by Gasteiger charge is -2.31. The largest absolute Gasteiger partial charge is 0.391 e. The second-order valence-electron chi connectivity index (χ2n) is 16.0. The van der Waals surface area contributed by atoms with Crippen LogP contribution < -0.4 is 32.3 Å². The molecule has 1 aliphatic rings. The van der Waals surface area contributed by atoms with Gasteiger partial charge in [0.15, 0.2) is 0 Å². The number of pyridine rings is 4. The summed E-state index contributed by atoms with van der Waals surface area (Å²) in [6, 6.07) is 13.9. The third kappa shape index (κ3) is 12.9. The highest BCUT2D eigenvalue weighted by Gasteiger charge is 2.41. The van der Waals surface area contributed by atoms with Crippen LogP contribution in [0.25, 0.3) is 22.8 Å². The maximum atomic E-state index is 14.0. The van der Waals surface area contributed by atoms with Gasteiger partial charge in [0, 0.05) is 50.1 Å². The fourth-order valence-electron chi connectivity index (χ4n) is 7.17. The van der Waals surface area contributed by atoms with E-state index in [1.807, 2.05) is 12.1 Å². The van der Waals surface area contributed by atoms with Gasteiger partial charge in [-0.05, 0) is 81.1 Å². The first-order valence-corrected chi connectivity index (χ1v) is 21.0. The van der Waals surface area contributed by atoms with Crippen molar-refractivity contribution in [1.82, 2.24) is 51.4 Å². The minimum atomic E-state index is -1.50. The fourth-order valence-corrected chi connectivity index (χ4v) is 7.17. The Morgan fingerprint density at radius 1 is 0.672 bits per heavy atom. The normalized spacial score (nSPS) is 16.3. The molecule has 7 amide bonds. The molecular weight excluding hydrogens is 823 g/mol. The Balaban J connectivity index is 1.20. The van der Waals surface area contributed by atoms with Gasteiger partial charge in [0.1, 0.15) is 36.3 Å². The van der Waals surface area contributed by atoms with Gasteiger partial charge in [-0.25, -0.2) is 0 Å². The van der Waals surface area contributed by atoms with Crippen molar-refractivity contribution in [1.29, 1.82) is 0 Å². The number of nitrogens with zero attached hydrogens (tertiary/aromatic N) is 5. The summed E-state index contributed by atoms with van der Waals surface area (Å²) in [7, 11) is 0. The maximum absolute atomic E-state index is 14.0. The fraction of sp³-hybridized carbons (Fsp3) is 0.400. The van der Waals surface area contributed by atoms with Gasteiger partial charge in [0.25, 0.3) is 0 Å². The smallest absolute Gasteiger partial charge is 0.248 e. The number of aliphatic hydroxyl groups excluding tert-OH is 1. The number of hydrogen-bond acceptors (Lipinski definition) is 12. The minimum absolute atomic E-state index is 0.0295. The van der Waals surface area contributed by atoms with Gasteiger partial charge in [0.05, 0.1) is 28.9 Å². The van der Waals surface area contributed by atoms with E-state index in [2.05, 4.69) is 46.5 Å². The average molecular weight is 878 g/mol. The van der Waals surface area contributed by atoms with E-state index >= 15 is 0 Å². The number of carbonyl (C=O) groups excluding carboxylic acids is 7. The highest BCUT2D eigenvalue weighted by molar-refractivity contribution is 5.97. The SMILES string of the molecule is CC(=O)N[C@@H](Cc1cccc(-c2ccccn2)n1)C(=O)N[C@H](C(=O)N1CCC[C@H]1C(=O)N[C@H](C)C(=O)N[C@H](C(=O)N[C@@H](Cc1cccc(-c2ccccn2)n1)C(N)=O)C(C)C)[C@@H](C)O. The Morgan fingerprint density at radius 2 is 1.22 bits per heavy atom. The zero-order valence-electron chi connectivity index (χ0n) is 36.4. The van der Waals surface area contributed by atoms with Crippen molar-refractivity contribution >= 4 is 41.4 Å². The molecule has 5 rings (SSSR count).